The van der Waals surface area contributed by atoms with Gasteiger partial charge in [-0.25, -0.2) is 0 Å². The van der Waals surface area contributed by atoms with E-state index in [0.717, 1.165) is 37.2 Å². The Balaban J connectivity index is 1.58. The first kappa shape index (κ1) is 17.9. The van der Waals surface area contributed by atoms with Gasteiger partial charge >= 0.3 is 0 Å². The van der Waals surface area contributed by atoms with E-state index in [-0.39, 0.29) is 11.8 Å². The minimum absolute atomic E-state index is 0.0103. The third-order valence-corrected chi connectivity index (χ3v) is 5.48. The van der Waals surface area contributed by atoms with Crippen molar-refractivity contribution in [2.75, 3.05) is 32.0 Å². The molecule has 1 aliphatic carbocycles. The van der Waals surface area contributed by atoms with Gasteiger partial charge in [-0.2, -0.15) is 0 Å². The average Bonchev–Trinajstić information content (AvgIpc) is 3.29. The fraction of sp³-hybridized carbons (Fsp3) is 0.600. The van der Waals surface area contributed by atoms with Gasteiger partial charge in [0.25, 0.3) is 5.91 Å². The van der Waals surface area contributed by atoms with Crippen LogP contribution in [0.15, 0.2) is 18.2 Å². The van der Waals surface area contributed by atoms with Crippen LogP contribution < -0.4 is 5.32 Å². The minimum atomic E-state index is 0.0103. The molecule has 2 aliphatic rings. The van der Waals surface area contributed by atoms with E-state index in [2.05, 4.69) is 10.2 Å². The maximum atomic E-state index is 12.5. The first-order chi connectivity index (χ1) is 12.0. The summed E-state index contributed by atoms with van der Waals surface area (Å²) in [6.07, 6.45) is 7.09. The number of amides is 2. The lowest BCUT2D eigenvalue weighted by molar-refractivity contribution is -0.117. The molecule has 136 valence electrons. The van der Waals surface area contributed by atoms with Crippen molar-refractivity contribution in [3.8, 4) is 0 Å². The van der Waals surface area contributed by atoms with Crippen molar-refractivity contribution in [2.24, 2.45) is 0 Å². The smallest absolute Gasteiger partial charge is 0.253 e. The summed E-state index contributed by atoms with van der Waals surface area (Å²) in [6.45, 7) is 4.06. The van der Waals surface area contributed by atoms with Crippen LogP contribution in [0.5, 0.6) is 0 Å². The van der Waals surface area contributed by atoms with Gasteiger partial charge in [-0.15, -0.1) is 0 Å². The van der Waals surface area contributed by atoms with Gasteiger partial charge in [-0.3, -0.25) is 14.5 Å². The Morgan fingerprint density at radius 1 is 1.16 bits per heavy atom. The predicted molar refractivity (Wildman–Crippen MR) is 99.8 cm³/mol. The summed E-state index contributed by atoms with van der Waals surface area (Å²) in [5.74, 6) is 0.107. The number of benzene rings is 1. The highest BCUT2D eigenvalue weighted by molar-refractivity contribution is 5.97. The van der Waals surface area contributed by atoms with Crippen molar-refractivity contribution in [3.05, 3.63) is 29.3 Å². The highest BCUT2D eigenvalue weighted by Crippen LogP contribution is 2.23. The summed E-state index contributed by atoms with van der Waals surface area (Å²) in [5, 5.41) is 2.99. The van der Waals surface area contributed by atoms with Gasteiger partial charge < -0.3 is 10.2 Å². The molecule has 5 nitrogen and oxygen atoms in total. The molecule has 25 heavy (non-hydrogen) atoms. The van der Waals surface area contributed by atoms with Gasteiger partial charge in [0.2, 0.25) is 5.91 Å². The predicted octanol–water partition coefficient (Wildman–Crippen LogP) is 3.04. The first-order valence-corrected chi connectivity index (χ1v) is 9.44. The van der Waals surface area contributed by atoms with Crippen LogP contribution in [0.3, 0.4) is 0 Å². The topological polar surface area (TPSA) is 52.7 Å². The standard InChI is InChI=1S/C20H29N3O2/c1-15-13-16(20(25)23-11-5-6-12-23)9-10-18(15)21-19(24)14-22(2)17-7-3-4-8-17/h9-10,13,17H,3-8,11-12,14H2,1-2H3,(H,21,24). The number of rotatable bonds is 5. The second kappa shape index (κ2) is 8.00. The zero-order valence-electron chi connectivity index (χ0n) is 15.4. The zero-order chi connectivity index (χ0) is 17.8. The molecule has 0 bridgehead atoms. The van der Waals surface area contributed by atoms with Crippen molar-refractivity contribution < 1.29 is 9.59 Å². The molecular weight excluding hydrogens is 314 g/mol. The minimum Gasteiger partial charge on any atom is -0.339 e. The summed E-state index contributed by atoms with van der Waals surface area (Å²) in [7, 11) is 2.03. The van der Waals surface area contributed by atoms with Crippen LogP contribution in [-0.4, -0.2) is 54.3 Å². The lowest BCUT2D eigenvalue weighted by Gasteiger charge is -2.23. The maximum absolute atomic E-state index is 12.5. The number of anilines is 1. The Labute approximate surface area is 150 Å². The van der Waals surface area contributed by atoms with E-state index in [0.29, 0.717) is 18.2 Å². The van der Waals surface area contributed by atoms with Gasteiger partial charge in [0.05, 0.1) is 6.54 Å². The van der Waals surface area contributed by atoms with Crippen LogP contribution in [0, 0.1) is 6.92 Å². The van der Waals surface area contributed by atoms with Crippen LogP contribution in [0.4, 0.5) is 5.69 Å². The summed E-state index contributed by atoms with van der Waals surface area (Å²) >= 11 is 0. The van der Waals surface area contributed by atoms with Crippen LogP contribution >= 0.6 is 0 Å². The molecule has 2 amide bonds. The van der Waals surface area contributed by atoms with Gasteiger partial charge in [0, 0.05) is 30.4 Å². The second-order valence-electron chi connectivity index (χ2n) is 7.43. The van der Waals surface area contributed by atoms with Crippen LogP contribution in [0.1, 0.15) is 54.4 Å². The summed E-state index contributed by atoms with van der Waals surface area (Å²) < 4.78 is 0. The number of hydrogen-bond acceptors (Lipinski definition) is 3. The molecule has 0 spiro atoms. The maximum Gasteiger partial charge on any atom is 0.253 e. The number of carbonyl (C=O) groups is 2. The van der Waals surface area contributed by atoms with E-state index in [1.165, 1.54) is 25.7 Å². The Bertz CT molecular complexity index is 632. The molecule has 1 aromatic carbocycles. The van der Waals surface area contributed by atoms with Crippen molar-refractivity contribution in [3.63, 3.8) is 0 Å². The number of nitrogens with one attached hydrogen (secondary N) is 1. The molecule has 2 fully saturated rings. The van der Waals surface area contributed by atoms with E-state index in [1.54, 1.807) is 0 Å². The number of carbonyl (C=O) groups excluding carboxylic acids is 2. The third kappa shape index (κ3) is 4.40. The Hall–Kier alpha value is -1.88. The summed E-state index contributed by atoms with van der Waals surface area (Å²) in [5.41, 5.74) is 2.44. The lowest BCUT2D eigenvalue weighted by atomic mass is 10.1. The monoisotopic (exact) mass is 343 g/mol. The molecule has 1 aliphatic heterocycles. The third-order valence-electron chi connectivity index (χ3n) is 5.48. The molecule has 1 aromatic rings. The van der Waals surface area contributed by atoms with E-state index in [1.807, 2.05) is 37.1 Å². The highest BCUT2D eigenvalue weighted by atomic mass is 16.2. The van der Waals surface area contributed by atoms with E-state index in [9.17, 15) is 9.59 Å². The first-order valence-electron chi connectivity index (χ1n) is 9.44. The lowest BCUT2D eigenvalue weighted by Crippen LogP contribution is -2.36. The molecule has 1 N–H and O–H groups in total. The van der Waals surface area contributed by atoms with Crippen molar-refractivity contribution >= 4 is 17.5 Å². The second-order valence-corrected chi connectivity index (χ2v) is 7.43. The van der Waals surface area contributed by atoms with Crippen molar-refractivity contribution in [1.29, 1.82) is 0 Å². The van der Waals surface area contributed by atoms with Crippen LogP contribution in [0.2, 0.25) is 0 Å². The highest BCUT2D eigenvalue weighted by Gasteiger charge is 2.22. The Morgan fingerprint density at radius 3 is 2.48 bits per heavy atom. The summed E-state index contributed by atoms with van der Waals surface area (Å²) in [6, 6.07) is 6.10. The number of hydrogen-bond donors (Lipinski definition) is 1. The molecule has 3 rings (SSSR count). The molecule has 0 aromatic heterocycles. The molecule has 1 heterocycles. The SMILES string of the molecule is Cc1cc(C(=O)N2CCCC2)ccc1NC(=O)CN(C)C1CCCC1. The number of likely N-dealkylation sites (N-methyl/N-ethyl adjacent to an activating group) is 1. The van der Waals surface area contributed by atoms with E-state index >= 15 is 0 Å². The molecule has 0 radical (unpaired) electrons. The molecule has 0 unspecified atom stereocenters. The zero-order valence-corrected chi connectivity index (χ0v) is 15.4. The fourth-order valence-electron chi connectivity index (χ4n) is 3.93. The molecule has 5 heteroatoms. The molecule has 0 atom stereocenters. The van der Waals surface area contributed by atoms with E-state index < -0.39 is 0 Å². The van der Waals surface area contributed by atoms with Crippen LogP contribution in [-0.2, 0) is 4.79 Å². The van der Waals surface area contributed by atoms with Crippen molar-refractivity contribution in [1.82, 2.24) is 9.80 Å². The number of aryl methyl sites for hydroxylation is 1. The number of likely N-dealkylation sites (tertiary alicyclic amines) is 1. The fourth-order valence-corrected chi connectivity index (χ4v) is 3.93. The Morgan fingerprint density at radius 2 is 1.84 bits per heavy atom. The largest absolute Gasteiger partial charge is 0.339 e. The van der Waals surface area contributed by atoms with Crippen molar-refractivity contribution in [2.45, 2.75) is 51.5 Å². The van der Waals surface area contributed by atoms with Crippen LogP contribution in [0.25, 0.3) is 0 Å². The van der Waals surface area contributed by atoms with E-state index in [4.69, 9.17) is 0 Å². The molecular formula is C20H29N3O2. The summed E-state index contributed by atoms with van der Waals surface area (Å²) in [4.78, 5) is 28.9. The quantitative estimate of drug-likeness (QED) is 0.894. The van der Waals surface area contributed by atoms with Gasteiger partial charge in [0.15, 0.2) is 0 Å². The van der Waals surface area contributed by atoms with Gasteiger partial charge in [0.1, 0.15) is 0 Å². The average molecular weight is 343 g/mol. The Kier molecular flexibility index (Phi) is 5.74. The number of nitrogens with zero attached hydrogens (tertiary/aromatic N) is 2. The van der Waals surface area contributed by atoms with Gasteiger partial charge in [-0.05, 0) is 63.4 Å². The van der Waals surface area contributed by atoms with Gasteiger partial charge in [-0.1, -0.05) is 12.8 Å². The normalized spacial score (nSPS) is 18.1. The molecule has 1 saturated carbocycles. The molecule has 1 saturated heterocycles.